The van der Waals surface area contributed by atoms with Gasteiger partial charge in [0.05, 0.1) is 22.1 Å². The molecule has 6 heteroatoms. The van der Waals surface area contributed by atoms with Crippen molar-refractivity contribution in [1.82, 2.24) is 0 Å². The van der Waals surface area contributed by atoms with Gasteiger partial charge in [-0.05, 0) is 142 Å². The van der Waals surface area contributed by atoms with Crippen LogP contribution in [0.15, 0.2) is 235 Å². The van der Waals surface area contributed by atoms with E-state index in [1.165, 1.54) is 31.3 Å². The summed E-state index contributed by atoms with van der Waals surface area (Å²) >= 11 is 9.93. The van der Waals surface area contributed by atoms with Crippen molar-refractivity contribution in [2.45, 2.75) is 52.4 Å². The maximum Gasteiger partial charge on any atom is 0.135 e. The minimum Gasteiger partial charge on any atom is -0.456 e. The van der Waals surface area contributed by atoms with Gasteiger partial charge in [0.1, 0.15) is 11.2 Å². The molecule has 2 heterocycles. The summed E-state index contributed by atoms with van der Waals surface area (Å²) in [7, 11) is 0. The van der Waals surface area contributed by atoms with Gasteiger partial charge in [-0.2, -0.15) is 0 Å². The van der Waals surface area contributed by atoms with Gasteiger partial charge in [0.2, 0.25) is 0 Å². The first kappa shape index (κ1) is 46.9. The lowest BCUT2D eigenvalue weighted by Gasteiger charge is -2.33. The maximum absolute atomic E-state index is 8.11. The molecule has 0 N–H and O–H groups in total. The number of anilines is 9. The lowest BCUT2D eigenvalue weighted by atomic mass is 9.87. The van der Waals surface area contributed by atoms with Gasteiger partial charge < -0.3 is 19.1 Å². The topological polar surface area (TPSA) is 22.9 Å². The molecular formula is C68H56ClN3OS. The molecule has 74 heavy (non-hydrogen) atoms. The predicted octanol–water partition coefficient (Wildman–Crippen LogP) is 21.3. The Kier molecular flexibility index (Phi) is 11.9. The molecule has 0 amide bonds. The minimum absolute atomic E-state index is 0.0112. The summed E-state index contributed by atoms with van der Waals surface area (Å²) < 4.78 is 8.84. The van der Waals surface area contributed by atoms with E-state index in [1.807, 2.05) is 23.5 Å². The van der Waals surface area contributed by atoms with Crippen LogP contribution in [0.1, 0.15) is 52.7 Å². The highest BCUT2D eigenvalue weighted by atomic mass is 35.5. The van der Waals surface area contributed by atoms with Gasteiger partial charge in [0, 0.05) is 65.1 Å². The van der Waals surface area contributed by atoms with E-state index in [-0.39, 0.29) is 10.8 Å². The predicted molar refractivity (Wildman–Crippen MR) is 319 cm³/mol. The molecule has 0 atom stereocenters. The number of para-hydroxylation sites is 1. The molecular weight excluding hydrogens is 942 g/mol. The van der Waals surface area contributed by atoms with E-state index in [9.17, 15) is 0 Å². The maximum atomic E-state index is 8.11. The molecule has 0 bridgehead atoms. The van der Waals surface area contributed by atoms with Crippen molar-refractivity contribution in [1.29, 1.82) is 0 Å². The van der Waals surface area contributed by atoms with Crippen molar-refractivity contribution in [2.24, 2.45) is 0 Å². The number of hydrogen-bond donors (Lipinski definition) is 0. The second-order valence-corrected chi connectivity index (χ2v) is 22.6. The Bertz CT molecular complexity index is 4010. The quantitative estimate of drug-likeness (QED) is 0.136. The molecule has 12 aromatic rings. The smallest absolute Gasteiger partial charge is 0.135 e. The molecule has 10 aromatic carbocycles. The first-order valence-electron chi connectivity index (χ1n) is 25.3. The van der Waals surface area contributed by atoms with Crippen LogP contribution in [0.5, 0.6) is 0 Å². The van der Waals surface area contributed by atoms with Crippen LogP contribution in [0.3, 0.4) is 0 Å². The van der Waals surface area contributed by atoms with Crippen molar-refractivity contribution < 1.29 is 4.42 Å². The van der Waals surface area contributed by atoms with Crippen LogP contribution < -0.4 is 14.7 Å². The third-order valence-corrected chi connectivity index (χ3v) is 15.7. The van der Waals surface area contributed by atoms with E-state index in [4.69, 9.17) is 16.0 Å². The molecule has 2 aromatic heterocycles. The summed E-state index contributed by atoms with van der Waals surface area (Å²) in [6, 6.07) is 82.8. The van der Waals surface area contributed by atoms with E-state index in [2.05, 4.69) is 275 Å². The molecule has 0 saturated carbocycles. The monoisotopic (exact) mass is 997 g/mol. The molecule has 0 saturated heterocycles. The van der Waals surface area contributed by atoms with E-state index in [1.54, 1.807) is 0 Å². The van der Waals surface area contributed by atoms with Crippen LogP contribution in [0.25, 0.3) is 53.2 Å². The standard InChI is InChI=1S/C68H56ClN3OS/c1-67(2,3)47-32-36-49(37-33-47)71(59-27-16-28-60(66(59)69)72(50-38-34-48(35-39-50)68(4,5)6)58-26-17-31-64-65(58)56-25-11-13-30-63(56)74-64)53-23-15-22-52(43-53)70(51-21-14-20-46(42-51)45-18-8-7-9-19-45)54-40-41-62-57(44-54)55-24-10-12-29-61(55)73-62/h7-44H,1-6H3. The van der Waals surface area contributed by atoms with E-state index >= 15 is 0 Å². The molecule has 4 nitrogen and oxygen atoms in total. The molecule has 12 rings (SSSR count). The zero-order chi connectivity index (χ0) is 50.7. The largest absolute Gasteiger partial charge is 0.456 e. The normalized spacial score (nSPS) is 12.0. The zero-order valence-electron chi connectivity index (χ0n) is 42.5. The Morgan fingerprint density at radius 3 is 1.54 bits per heavy atom. The Labute approximate surface area is 442 Å². The van der Waals surface area contributed by atoms with Crippen molar-refractivity contribution in [3.63, 3.8) is 0 Å². The van der Waals surface area contributed by atoms with E-state index in [0.717, 1.165) is 84.3 Å². The molecule has 0 aliphatic carbocycles. The minimum atomic E-state index is -0.0348. The second-order valence-electron chi connectivity index (χ2n) is 21.2. The highest BCUT2D eigenvalue weighted by Crippen LogP contribution is 2.51. The Balaban J connectivity index is 1.06. The fourth-order valence-corrected chi connectivity index (χ4v) is 11.8. The summed E-state index contributed by atoms with van der Waals surface area (Å²) in [6.45, 7) is 13.6. The SMILES string of the molecule is CC(C)(C)c1ccc(N(c2cccc(N(c3cccc(-c4ccccc4)c3)c3ccc4oc5ccccc5c4c3)c2)c2cccc(N(c3ccc(C(C)(C)C)cc3)c3cccc4sc5ccccc5c34)c2Cl)cc1. The third-order valence-electron chi connectivity index (χ3n) is 14.2. The van der Waals surface area contributed by atoms with Gasteiger partial charge in [0.15, 0.2) is 0 Å². The number of benzene rings is 10. The molecule has 0 radical (unpaired) electrons. The van der Waals surface area contributed by atoms with Gasteiger partial charge in [-0.15, -0.1) is 11.3 Å². The Morgan fingerprint density at radius 2 is 0.838 bits per heavy atom. The number of thiophene rings is 1. The lowest BCUT2D eigenvalue weighted by molar-refractivity contribution is 0.590. The van der Waals surface area contributed by atoms with Crippen LogP contribution in [0.4, 0.5) is 51.2 Å². The number of furan rings is 1. The van der Waals surface area contributed by atoms with Crippen molar-refractivity contribution in [2.75, 3.05) is 14.7 Å². The number of rotatable bonds is 10. The summed E-state index contributed by atoms with van der Waals surface area (Å²) in [5.41, 5.74) is 15.3. The van der Waals surface area contributed by atoms with Crippen molar-refractivity contribution in [3.05, 3.63) is 247 Å². The highest BCUT2D eigenvalue weighted by Gasteiger charge is 2.27. The Morgan fingerprint density at radius 1 is 0.351 bits per heavy atom. The average molecular weight is 999 g/mol. The van der Waals surface area contributed by atoms with Crippen molar-refractivity contribution >= 4 is 116 Å². The number of fused-ring (bicyclic) bond motifs is 6. The lowest BCUT2D eigenvalue weighted by Crippen LogP contribution is -2.16. The molecule has 0 unspecified atom stereocenters. The number of hydrogen-bond acceptors (Lipinski definition) is 5. The van der Waals surface area contributed by atoms with Crippen molar-refractivity contribution in [3.8, 4) is 11.1 Å². The summed E-state index contributed by atoms with van der Waals surface area (Å²) in [5, 5.41) is 5.20. The van der Waals surface area contributed by atoms with E-state index < -0.39 is 0 Å². The average Bonchev–Trinajstić information content (AvgIpc) is 3.99. The number of halogens is 1. The second kappa shape index (κ2) is 18.8. The summed E-state index contributed by atoms with van der Waals surface area (Å²) in [6.07, 6.45) is 0. The molecule has 0 aliphatic heterocycles. The van der Waals surface area contributed by atoms with E-state index in [0.29, 0.717) is 5.02 Å². The fourth-order valence-electron chi connectivity index (χ4n) is 10.4. The van der Waals surface area contributed by atoms with Gasteiger partial charge in [0.25, 0.3) is 0 Å². The molecule has 0 spiro atoms. The van der Waals surface area contributed by atoms with Crippen LogP contribution in [-0.2, 0) is 10.8 Å². The van der Waals surface area contributed by atoms with Gasteiger partial charge >= 0.3 is 0 Å². The van der Waals surface area contributed by atoms with Crippen LogP contribution in [-0.4, -0.2) is 0 Å². The van der Waals surface area contributed by atoms with Gasteiger partial charge in [-0.3, -0.25) is 0 Å². The third kappa shape index (κ3) is 8.66. The summed E-state index contributed by atoms with van der Waals surface area (Å²) in [4.78, 5) is 7.02. The number of nitrogens with zero attached hydrogens (tertiary/aromatic N) is 3. The molecule has 362 valence electrons. The first-order valence-corrected chi connectivity index (χ1v) is 26.5. The fraction of sp³-hybridized carbons (Fsp3) is 0.118. The Hall–Kier alpha value is -8.09. The van der Waals surface area contributed by atoms with Gasteiger partial charge in [-0.25, -0.2) is 0 Å². The summed E-state index contributed by atoms with van der Waals surface area (Å²) in [5.74, 6) is 0. The van der Waals surface area contributed by atoms with Crippen LogP contribution in [0.2, 0.25) is 5.02 Å². The zero-order valence-corrected chi connectivity index (χ0v) is 44.0. The highest BCUT2D eigenvalue weighted by molar-refractivity contribution is 7.26. The first-order chi connectivity index (χ1) is 35.9. The molecule has 0 fully saturated rings. The van der Waals surface area contributed by atoms with Crippen LogP contribution >= 0.6 is 22.9 Å². The molecule has 0 aliphatic rings. The van der Waals surface area contributed by atoms with Crippen LogP contribution in [0, 0.1) is 0 Å². The van der Waals surface area contributed by atoms with Gasteiger partial charge in [-0.1, -0.05) is 174 Å².